The lowest BCUT2D eigenvalue weighted by Gasteiger charge is -2.41. The van der Waals surface area contributed by atoms with Crippen molar-refractivity contribution in [1.82, 2.24) is 19.9 Å². The van der Waals surface area contributed by atoms with Gasteiger partial charge in [0.15, 0.2) is 0 Å². The molecule has 1 saturated heterocycles. The molecule has 23 heavy (non-hydrogen) atoms. The molecule has 7 nitrogen and oxygen atoms in total. The molecule has 0 radical (unpaired) electrons. The second kappa shape index (κ2) is 6.24. The molecule has 1 N–H and O–H groups in total. The van der Waals surface area contributed by atoms with Crippen molar-refractivity contribution >= 4 is 22.8 Å². The molecule has 3 heterocycles. The molecular formula is C16H20N6O. The molecule has 0 unspecified atom stereocenters. The van der Waals surface area contributed by atoms with Crippen LogP contribution in [0.2, 0.25) is 0 Å². The number of carbonyl (C=O) groups is 1. The number of aromatic amines is 1. The Morgan fingerprint density at radius 1 is 1.78 bits per heavy atom. The van der Waals surface area contributed by atoms with Crippen LogP contribution < -0.4 is 4.90 Å². The maximum Gasteiger partial charge on any atom is 0.302 e. The molecule has 0 bridgehead atoms. The summed E-state index contributed by atoms with van der Waals surface area (Å²) >= 11 is 0. The maximum absolute atomic E-state index is 12.5. The standard InChI is InChI=1S/C16H20N6O/c1-11-5-7-22(14(23)8-17-2)9-13(11)21(3)16-12-4-6-18-15(12)19-10-20-16/h4,6,10-11,13H,5,7-9H2,1,3H3,(H,18,19,20)/t11-,13+/m1/s1/i3D3,4D,9D2,10D,11D,13D. The fourth-order valence-electron chi connectivity index (χ4n) is 2.28. The highest BCUT2D eigenvalue weighted by Gasteiger charge is 2.33. The summed E-state index contributed by atoms with van der Waals surface area (Å²) in [7, 11) is 0. The smallest absolute Gasteiger partial charge is 0.302 e. The Kier molecular flexibility index (Phi) is 2.11. The van der Waals surface area contributed by atoms with E-state index in [2.05, 4.69) is 19.8 Å². The van der Waals surface area contributed by atoms with E-state index >= 15 is 0 Å². The first-order valence-electron chi connectivity index (χ1n) is 11.4. The van der Waals surface area contributed by atoms with Crippen molar-refractivity contribution in [1.29, 1.82) is 0 Å². The summed E-state index contributed by atoms with van der Waals surface area (Å²) < 4.78 is 75.5. The Bertz CT molecular complexity index is 1110. The zero-order valence-electron chi connectivity index (χ0n) is 21.3. The maximum atomic E-state index is 12.5. The number of amides is 1. The number of carbonyl (C=O) groups excluding carboxylic acids is 1. The number of fused-ring (bicyclic) bond motifs is 1. The van der Waals surface area contributed by atoms with E-state index in [-0.39, 0.29) is 34.9 Å². The van der Waals surface area contributed by atoms with E-state index in [9.17, 15) is 4.79 Å². The van der Waals surface area contributed by atoms with Gasteiger partial charge < -0.3 is 19.6 Å². The Hall–Kier alpha value is -2.62. The van der Waals surface area contributed by atoms with Crippen molar-refractivity contribution in [3.8, 4) is 0 Å². The van der Waals surface area contributed by atoms with Crippen molar-refractivity contribution in [3.05, 3.63) is 30.0 Å². The van der Waals surface area contributed by atoms with Gasteiger partial charge in [-0.05, 0) is 18.4 Å². The van der Waals surface area contributed by atoms with Crippen LogP contribution in [0.4, 0.5) is 5.82 Å². The Labute approximate surface area is 147 Å². The molecule has 2 aromatic rings. The first kappa shape index (κ1) is 7.77. The van der Waals surface area contributed by atoms with Crippen LogP contribution in [-0.2, 0) is 4.79 Å². The van der Waals surface area contributed by atoms with Gasteiger partial charge in [-0.15, -0.1) is 0 Å². The highest BCUT2D eigenvalue weighted by Crippen LogP contribution is 2.28. The van der Waals surface area contributed by atoms with Crippen LogP contribution in [0.25, 0.3) is 15.9 Å². The second-order valence-electron chi connectivity index (χ2n) is 4.99. The fraction of sp³-hybridized carbons (Fsp3) is 0.500. The molecule has 2 atom stereocenters. The van der Waals surface area contributed by atoms with E-state index in [0.717, 1.165) is 0 Å². The average Bonchev–Trinajstić information content (AvgIpc) is 3.00. The Morgan fingerprint density at radius 3 is 3.43 bits per heavy atom. The lowest BCUT2D eigenvalue weighted by molar-refractivity contribution is -0.130. The number of nitrogens with one attached hydrogen (secondary N) is 1. The third kappa shape index (κ3) is 2.84. The lowest BCUT2D eigenvalue weighted by atomic mass is 9.92. The Morgan fingerprint density at radius 2 is 2.65 bits per heavy atom. The molecule has 2 aromatic heterocycles. The van der Waals surface area contributed by atoms with Gasteiger partial charge >= 0.3 is 5.91 Å². The van der Waals surface area contributed by atoms with Crippen LogP contribution in [0.3, 0.4) is 0 Å². The molecule has 3 rings (SSSR count). The van der Waals surface area contributed by atoms with Crippen LogP contribution in [0.15, 0.2) is 18.5 Å². The molecule has 7 heteroatoms. The van der Waals surface area contributed by atoms with E-state index < -0.39 is 50.0 Å². The summed E-state index contributed by atoms with van der Waals surface area (Å²) in [5.41, 5.74) is -0.0631. The molecule has 0 aliphatic carbocycles. The van der Waals surface area contributed by atoms with Gasteiger partial charge in [-0.25, -0.2) is 16.5 Å². The van der Waals surface area contributed by atoms with E-state index in [1.54, 1.807) is 0 Å². The molecular weight excluding hydrogens is 292 g/mol. The van der Waals surface area contributed by atoms with Crippen molar-refractivity contribution in [3.63, 3.8) is 0 Å². The summed E-state index contributed by atoms with van der Waals surface area (Å²) in [6, 6.07) is -3.23. The highest BCUT2D eigenvalue weighted by molar-refractivity contribution is 5.87. The minimum absolute atomic E-state index is 0.0631. The van der Waals surface area contributed by atoms with Gasteiger partial charge in [0.05, 0.1) is 16.9 Å². The van der Waals surface area contributed by atoms with Crippen molar-refractivity contribution in [2.45, 2.75) is 19.4 Å². The minimum Gasteiger partial charge on any atom is -0.354 e. The van der Waals surface area contributed by atoms with Crippen LogP contribution in [0.1, 0.15) is 25.7 Å². The third-order valence-electron chi connectivity index (χ3n) is 3.51. The van der Waals surface area contributed by atoms with Crippen LogP contribution in [0.5, 0.6) is 0 Å². The molecule has 1 aliphatic heterocycles. The SMILES string of the molecule is [2H]c1nc(N(C([2H])([2H])[2H])[C@@]2([2H])C([2H])([2H])N(C(=O)C[N+]#[C-])CC[C@@]2([2H])C)c2c([2H])c[nH]c2n1. The van der Waals surface area contributed by atoms with Crippen molar-refractivity contribution in [2.24, 2.45) is 5.89 Å². The number of nitrogens with zero attached hydrogens (tertiary/aromatic N) is 5. The van der Waals surface area contributed by atoms with Gasteiger partial charge in [-0.2, -0.15) is 0 Å². The molecule has 0 aromatic carbocycles. The van der Waals surface area contributed by atoms with Gasteiger partial charge in [0, 0.05) is 31.7 Å². The minimum atomic E-state index is -3.26. The van der Waals surface area contributed by atoms with Crippen molar-refractivity contribution < 1.29 is 17.1 Å². The third-order valence-corrected chi connectivity index (χ3v) is 3.51. The van der Waals surface area contributed by atoms with Crippen LogP contribution >= 0.6 is 0 Å². The predicted octanol–water partition coefficient (Wildman–Crippen LogP) is 1.55. The van der Waals surface area contributed by atoms with E-state index in [4.69, 9.17) is 18.9 Å². The number of piperidine rings is 1. The van der Waals surface area contributed by atoms with Gasteiger partial charge in [0.25, 0.3) is 6.54 Å². The lowest BCUT2D eigenvalue weighted by Crippen LogP contribution is -2.53. The topological polar surface area (TPSA) is 69.5 Å². The predicted molar refractivity (Wildman–Crippen MR) is 87.9 cm³/mol. The van der Waals surface area contributed by atoms with Gasteiger partial charge in [-0.1, -0.05) is 6.92 Å². The van der Waals surface area contributed by atoms with Crippen LogP contribution in [-0.4, -0.2) is 58.3 Å². The number of anilines is 1. The van der Waals surface area contributed by atoms with Crippen molar-refractivity contribution in [2.75, 3.05) is 31.5 Å². The summed E-state index contributed by atoms with van der Waals surface area (Å²) in [6.07, 6.45) is 0.267. The largest absolute Gasteiger partial charge is 0.354 e. The Balaban J connectivity index is 2.37. The van der Waals surface area contributed by atoms with Gasteiger partial charge in [0.1, 0.15) is 19.1 Å². The number of H-pyrrole nitrogens is 1. The number of hydrogen-bond acceptors (Lipinski definition) is 4. The first-order valence-corrected chi connectivity index (χ1v) is 6.86. The summed E-state index contributed by atoms with van der Waals surface area (Å²) in [6.45, 7) is 0.763. The number of likely N-dealkylation sites (N-methyl/N-ethyl adjacent to an activating group) is 1. The molecule has 0 saturated carbocycles. The van der Waals surface area contributed by atoms with E-state index in [1.165, 1.54) is 13.1 Å². The molecule has 1 amide bonds. The fourth-order valence-corrected chi connectivity index (χ4v) is 2.28. The zero-order chi connectivity index (χ0) is 24.3. The molecule has 1 aliphatic rings. The molecule has 1 fully saturated rings. The second-order valence-corrected chi connectivity index (χ2v) is 4.99. The normalized spacial score (nSPS) is 36.0. The summed E-state index contributed by atoms with van der Waals surface area (Å²) in [5.74, 6) is -3.62. The summed E-state index contributed by atoms with van der Waals surface area (Å²) in [4.78, 5) is 26.6. The quantitative estimate of drug-likeness (QED) is 0.871. The number of rotatable bonds is 3. The molecule has 0 spiro atoms. The average molecular weight is 321 g/mol. The van der Waals surface area contributed by atoms with E-state index in [0.29, 0.717) is 4.90 Å². The zero-order valence-corrected chi connectivity index (χ0v) is 12.3. The molecule has 120 valence electrons. The highest BCUT2D eigenvalue weighted by atomic mass is 16.2. The summed E-state index contributed by atoms with van der Waals surface area (Å²) in [5, 5.41) is -0.167. The first-order chi connectivity index (χ1) is 14.6. The number of aromatic nitrogens is 3. The monoisotopic (exact) mass is 321 g/mol. The number of likely N-dealkylation sites (tertiary alicyclic amines) is 1. The van der Waals surface area contributed by atoms with Crippen LogP contribution in [0, 0.1) is 12.5 Å². The number of hydrogen-bond donors (Lipinski definition) is 1. The van der Waals surface area contributed by atoms with Gasteiger partial charge in [0.2, 0.25) is 0 Å². The van der Waals surface area contributed by atoms with Gasteiger partial charge in [-0.3, -0.25) is 4.79 Å². The van der Waals surface area contributed by atoms with E-state index in [1.807, 2.05) is 0 Å².